The van der Waals surface area contributed by atoms with Crippen molar-refractivity contribution in [2.24, 2.45) is 0 Å². The molecule has 2 aromatic heterocycles. The van der Waals surface area contributed by atoms with E-state index in [1.807, 2.05) is 13.8 Å². The number of alkyl halides is 3. The zero-order valence-electron chi connectivity index (χ0n) is 11.8. The molecule has 7 heteroatoms. The van der Waals surface area contributed by atoms with Gasteiger partial charge in [0.1, 0.15) is 5.78 Å². The highest BCUT2D eigenvalue weighted by Crippen LogP contribution is 2.34. The number of carbonyl (C=O) groups is 1. The van der Waals surface area contributed by atoms with Crippen molar-refractivity contribution in [3.63, 3.8) is 0 Å². The maximum atomic E-state index is 12.9. The molecule has 2 rings (SSSR count). The van der Waals surface area contributed by atoms with Crippen LogP contribution in [0.25, 0.3) is 5.65 Å². The fraction of sp³-hybridized carbons (Fsp3) is 0.429. The maximum Gasteiger partial charge on any atom is 0.417 e. The standard InChI is InChI=1S/C14H14ClF3N2O/c1-7(2)12-11(4-8(3)21)20-6-9(14(16,17)18)5-10(15)13(20)19-12/h5-7H,4H2,1-3H3. The third-order valence-corrected chi connectivity index (χ3v) is 3.37. The maximum absolute atomic E-state index is 12.9. The van der Waals surface area contributed by atoms with Crippen molar-refractivity contribution in [2.75, 3.05) is 0 Å². The Morgan fingerprint density at radius 1 is 1.43 bits per heavy atom. The first-order valence-corrected chi connectivity index (χ1v) is 6.76. The zero-order chi connectivity index (χ0) is 15.9. The molecule has 0 N–H and O–H groups in total. The molecule has 2 heterocycles. The van der Waals surface area contributed by atoms with E-state index in [9.17, 15) is 18.0 Å². The molecule has 0 radical (unpaired) electrons. The van der Waals surface area contributed by atoms with Gasteiger partial charge in [-0.05, 0) is 18.9 Å². The summed E-state index contributed by atoms with van der Waals surface area (Å²) in [7, 11) is 0. The number of carbonyl (C=O) groups excluding carboxylic acids is 1. The van der Waals surface area contributed by atoms with Gasteiger partial charge in [0.05, 0.1) is 22.0 Å². The molecular formula is C14H14ClF3N2O. The van der Waals surface area contributed by atoms with Gasteiger partial charge in [-0.3, -0.25) is 4.79 Å². The quantitative estimate of drug-likeness (QED) is 0.847. The lowest BCUT2D eigenvalue weighted by Gasteiger charge is -2.10. The van der Waals surface area contributed by atoms with Crippen molar-refractivity contribution >= 4 is 23.0 Å². The molecule has 21 heavy (non-hydrogen) atoms. The van der Waals surface area contributed by atoms with Gasteiger partial charge in [0.2, 0.25) is 0 Å². The number of fused-ring (bicyclic) bond motifs is 1. The van der Waals surface area contributed by atoms with Gasteiger partial charge in [0, 0.05) is 12.6 Å². The highest BCUT2D eigenvalue weighted by molar-refractivity contribution is 6.33. The monoisotopic (exact) mass is 318 g/mol. The Labute approximate surface area is 124 Å². The number of ketones is 1. The molecule has 0 atom stereocenters. The lowest BCUT2D eigenvalue weighted by molar-refractivity contribution is -0.137. The van der Waals surface area contributed by atoms with E-state index in [2.05, 4.69) is 4.98 Å². The van der Waals surface area contributed by atoms with Crippen molar-refractivity contribution < 1.29 is 18.0 Å². The van der Waals surface area contributed by atoms with Gasteiger partial charge >= 0.3 is 6.18 Å². The van der Waals surface area contributed by atoms with Gasteiger partial charge < -0.3 is 4.40 Å². The van der Waals surface area contributed by atoms with Crippen molar-refractivity contribution in [3.05, 3.63) is 34.2 Å². The molecule has 0 unspecified atom stereocenters. The predicted molar refractivity (Wildman–Crippen MR) is 73.7 cm³/mol. The van der Waals surface area contributed by atoms with Crippen LogP contribution in [0.5, 0.6) is 0 Å². The second-order valence-corrected chi connectivity index (χ2v) is 5.65. The largest absolute Gasteiger partial charge is 0.417 e. The lowest BCUT2D eigenvalue weighted by Crippen LogP contribution is -2.09. The number of hydrogen-bond donors (Lipinski definition) is 0. The van der Waals surface area contributed by atoms with E-state index in [0.29, 0.717) is 11.4 Å². The summed E-state index contributed by atoms with van der Waals surface area (Å²) in [5.41, 5.74) is 0.425. The molecule has 0 aliphatic heterocycles. The molecule has 0 aliphatic carbocycles. The van der Waals surface area contributed by atoms with Crippen LogP contribution < -0.4 is 0 Å². The third kappa shape index (κ3) is 3.05. The Balaban J connectivity index is 2.79. The molecule has 0 saturated carbocycles. The fourth-order valence-corrected chi connectivity index (χ4v) is 2.45. The topological polar surface area (TPSA) is 34.4 Å². The van der Waals surface area contributed by atoms with E-state index in [1.54, 1.807) is 0 Å². The molecule has 0 aromatic carbocycles. The summed E-state index contributed by atoms with van der Waals surface area (Å²) in [6.07, 6.45) is -3.54. The highest BCUT2D eigenvalue weighted by atomic mass is 35.5. The van der Waals surface area contributed by atoms with E-state index < -0.39 is 11.7 Å². The van der Waals surface area contributed by atoms with Gasteiger partial charge in [-0.25, -0.2) is 4.98 Å². The minimum atomic E-state index is -4.51. The fourth-order valence-electron chi connectivity index (χ4n) is 2.20. The SMILES string of the molecule is CC(=O)Cc1c(C(C)C)nc2c(Cl)cc(C(F)(F)F)cn12. The number of nitrogens with zero attached hydrogens (tertiary/aromatic N) is 2. The van der Waals surface area contributed by atoms with E-state index >= 15 is 0 Å². The summed E-state index contributed by atoms with van der Waals surface area (Å²) >= 11 is 5.93. The van der Waals surface area contributed by atoms with Gasteiger partial charge in [-0.2, -0.15) is 13.2 Å². The first-order valence-electron chi connectivity index (χ1n) is 6.38. The third-order valence-electron chi connectivity index (χ3n) is 3.10. The minimum absolute atomic E-state index is 0.0202. The number of Topliss-reactive ketones (excluding diaryl/α,β-unsaturated/α-hetero) is 1. The molecule has 2 aromatic rings. The van der Waals surface area contributed by atoms with Gasteiger partial charge in [0.25, 0.3) is 0 Å². The first-order chi connectivity index (χ1) is 9.61. The smallest absolute Gasteiger partial charge is 0.301 e. The highest BCUT2D eigenvalue weighted by Gasteiger charge is 2.32. The van der Waals surface area contributed by atoms with Crippen molar-refractivity contribution in [1.82, 2.24) is 9.38 Å². The number of halogens is 4. The van der Waals surface area contributed by atoms with Gasteiger partial charge in [0.15, 0.2) is 5.65 Å². The average Bonchev–Trinajstić information content (AvgIpc) is 2.67. The summed E-state index contributed by atoms with van der Waals surface area (Å²) in [5.74, 6) is -0.170. The van der Waals surface area contributed by atoms with Crippen molar-refractivity contribution in [3.8, 4) is 0 Å². The van der Waals surface area contributed by atoms with E-state index in [1.165, 1.54) is 11.3 Å². The molecule has 0 aliphatic rings. The van der Waals surface area contributed by atoms with Crippen molar-refractivity contribution in [1.29, 1.82) is 0 Å². The first kappa shape index (κ1) is 15.8. The Morgan fingerprint density at radius 2 is 2.05 bits per heavy atom. The van der Waals surface area contributed by atoms with Crippen LogP contribution in [0.1, 0.15) is 43.6 Å². The van der Waals surface area contributed by atoms with Crippen LogP contribution >= 0.6 is 11.6 Å². The van der Waals surface area contributed by atoms with Crippen LogP contribution in [0.4, 0.5) is 13.2 Å². The summed E-state index contributed by atoms with van der Waals surface area (Å²) in [5, 5.41) is -0.0819. The molecule has 114 valence electrons. The Morgan fingerprint density at radius 3 is 2.52 bits per heavy atom. The molecule has 3 nitrogen and oxygen atoms in total. The normalized spacial score (nSPS) is 12.4. The number of hydrogen-bond acceptors (Lipinski definition) is 2. The molecular weight excluding hydrogens is 305 g/mol. The lowest BCUT2D eigenvalue weighted by atomic mass is 10.1. The molecule has 0 fully saturated rings. The Hall–Kier alpha value is -1.56. The minimum Gasteiger partial charge on any atom is -0.301 e. The molecule has 0 bridgehead atoms. The van der Waals surface area contributed by atoms with E-state index in [-0.39, 0.29) is 28.8 Å². The van der Waals surface area contributed by atoms with Gasteiger partial charge in [-0.1, -0.05) is 25.4 Å². The Bertz CT molecular complexity index is 704. The second kappa shape index (κ2) is 5.33. The predicted octanol–water partition coefficient (Wildman–Crippen LogP) is 4.26. The molecule has 0 saturated heterocycles. The number of aromatic nitrogens is 2. The van der Waals surface area contributed by atoms with Crippen LogP contribution in [-0.2, 0) is 17.4 Å². The molecule has 0 amide bonds. The number of pyridine rings is 1. The summed E-state index contributed by atoms with van der Waals surface area (Å²) < 4.78 is 40.0. The van der Waals surface area contributed by atoms with Crippen LogP contribution in [0, 0.1) is 0 Å². The van der Waals surface area contributed by atoms with Crippen LogP contribution in [-0.4, -0.2) is 15.2 Å². The summed E-state index contributed by atoms with van der Waals surface area (Å²) in [6.45, 7) is 5.12. The van der Waals surface area contributed by atoms with Crippen LogP contribution in [0.2, 0.25) is 5.02 Å². The summed E-state index contributed by atoms with van der Waals surface area (Å²) in [6, 6.07) is 0.853. The zero-order valence-corrected chi connectivity index (χ0v) is 12.5. The second-order valence-electron chi connectivity index (χ2n) is 5.25. The molecule has 0 spiro atoms. The van der Waals surface area contributed by atoms with Crippen molar-refractivity contribution in [2.45, 2.75) is 39.3 Å². The van der Waals surface area contributed by atoms with E-state index in [0.717, 1.165) is 12.3 Å². The van der Waals surface area contributed by atoms with E-state index in [4.69, 9.17) is 11.6 Å². The number of rotatable bonds is 3. The van der Waals surface area contributed by atoms with Gasteiger partial charge in [-0.15, -0.1) is 0 Å². The summed E-state index contributed by atoms with van der Waals surface area (Å²) in [4.78, 5) is 15.7. The Kier molecular flexibility index (Phi) is 4.02. The average molecular weight is 319 g/mol. The van der Waals surface area contributed by atoms with Crippen LogP contribution in [0.3, 0.4) is 0 Å². The number of imidazole rings is 1. The van der Waals surface area contributed by atoms with Crippen LogP contribution in [0.15, 0.2) is 12.3 Å².